The van der Waals surface area contributed by atoms with Crippen LogP contribution in [0.2, 0.25) is 0 Å². The molecule has 1 heterocycles. The van der Waals surface area contributed by atoms with E-state index in [0.717, 1.165) is 6.42 Å². The molecule has 94 valence electrons. The van der Waals surface area contributed by atoms with Crippen LogP contribution >= 0.6 is 15.9 Å². The van der Waals surface area contributed by atoms with Crippen LogP contribution in [0.4, 0.5) is 0 Å². The molecule has 0 aromatic carbocycles. The first-order chi connectivity index (χ1) is 8.19. The van der Waals surface area contributed by atoms with Crippen molar-refractivity contribution in [3.8, 4) is 12.3 Å². The van der Waals surface area contributed by atoms with Crippen LogP contribution in [-0.2, 0) is 14.4 Å². The van der Waals surface area contributed by atoms with Crippen molar-refractivity contribution < 1.29 is 14.4 Å². The summed E-state index contributed by atoms with van der Waals surface area (Å²) in [6.45, 7) is 2.31. The Kier molecular flexibility index (Phi) is 6.06. The van der Waals surface area contributed by atoms with E-state index in [4.69, 9.17) is 16.0 Å². The second kappa shape index (κ2) is 7.33. The van der Waals surface area contributed by atoms with Crippen molar-refractivity contribution >= 4 is 26.5 Å². The van der Waals surface area contributed by atoms with Gasteiger partial charge in [-0.2, -0.15) is 0 Å². The maximum absolute atomic E-state index is 11.4. The van der Waals surface area contributed by atoms with E-state index >= 15 is 0 Å². The molecule has 0 amide bonds. The lowest BCUT2D eigenvalue weighted by Gasteiger charge is -2.15. The van der Waals surface area contributed by atoms with E-state index in [1.54, 1.807) is 0 Å². The normalized spacial score (nSPS) is 22.5. The summed E-state index contributed by atoms with van der Waals surface area (Å²) in [5.74, 6) is 2.28. The number of hydrogen-bond acceptors (Lipinski definition) is 4. The standard InChI is InChI=1S/C12H16BrNO3/c1-3-5-6-7-11(15)16-8-9-10(4-2)17-14-12(9)13/h1,9-10H,4-8H2,2H3/t9-,10+/m0/s1. The Hall–Kier alpha value is -1.02. The van der Waals surface area contributed by atoms with Crippen molar-refractivity contribution in [3.63, 3.8) is 0 Å². The lowest BCUT2D eigenvalue weighted by atomic mass is 10.0. The third-order valence-corrected chi connectivity index (χ3v) is 3.29. The van der Waals surface area contributed by atoms with Gasteiger partial charge in [-0.3, -0.25) is 4.79 Å². The molecule has 0 bridgehead atoms. The van der Waals surface area contributed by atoms with Crippen LogP contribution in [0.25, 0.3) is 0 Å². The first kappa shape index (κ1) is 14.0. The highest BCUT2D eigenvalue weighted by Crippen LogP contribution is 2.24. The van der Waals surface area contributed by atoms with Gasteiger partial charge in [0.05, 0.1) is 5.92 Å². The number of carbonyl (C=O) groups is 1. The second-order valence-electron chi connectivity index (χ2n) is 3.81. The lowest BCUT2D eigenvalue weighted by Crippen LogP contribution is -2.26. The van der Waals surface area contributed by atoms with E-state index in [9.17, 15) is 4.79 Å². The van der Waals surface area contributed by atoms with Crippen molar-refractivity contribution in [1.82, 2.24) is 0 Å². The maximum atomic E-state index is 11.4. The average molecular weight is 302 g/mol. The molecule has 1 rings (SSSR count). The second-order valence-corrected chi connectivity index (χ2v) is 4.63. The number of terminal acetylenes is 1. The molecule has 0 radical (unpaired) electrons. The van der Waals surface area contributed by atoms with Crippen LogP contribution in [0, 0.1) is 18.3 Å². The fourth-order valence-corrected chi connectivity index (χ4v) is 2.05. The van der Waals surface area contributed by atoms with Gasteiger partial charge in [0.1, 0.15) is 17.3 Å². The summed E-state index contributed by atoms with van der Waals surface area (Å²) < 4.78 is 5.89. The number of oxime groups is 1. The Morgan fingerprint density at radius 2 is 2.47 bits per heavy atom. The molecular weight excluding hydrogens is 286 g/mol. The predicted octanol–water partition coefficient (Wildman–Crippen LogP) is 2.47. The molecular formula is C12H16BrNO3. The molecule has 0 aromatic heterocycles. The fourth-order valence-electron chi connectivity index (χ4n) is 1.54. The summed E-state index contributed by atoms with van der Waals surface area (Å²) >= 11 is 3.31. The minimum absolute atomic E-state index is 0.0107. The molecule has 0 aliphatic carbocycles. The molecule has 1 aliphatic rings. The van der Waals surface area contributed by atoms with Gasteiger partial charge >= 0.3 is 5.97 Å². The Bertz CT molecular complexity index is 335. The van der Waals surface area contributed by atoms with Gasteiger partial charge in [0.25, 0.3) is 0 Å². The highest BCUT2D eigenvalue weighted by Gasteiger charge is 2.32. The van der Waals surface area contributed by atoms with Gasteiger partial charge < -0.3 is 9.57 Å². The number of ether oxygens (including phenoxy) is 1. The summed E-state index contributed by atoms with van der Waals surface area (Å²) in [5.41, 5.74) is 0. The van der Waals surface area contributed by atoms with E-state index < -0.39 is 0 Å². The molecule has 2 atom stereocenters. The van der Waals surface area contributed by atoms with E-state index in [2.05, 4.69) is 27.0 Å². The van der Waals surface area contributed by atoms with E-state index in [-0.39, 0.29) is 18.0 Å². The van der Waals surface area contributed by atoms with Crippen LogP contribution in [0.3, 0.4) is 0 Å². The average Bonchev–Trinajstić information content (AvgIpc) is 2.67. The molecule has 0 aromatic rings. The SMILES string of the molecule is C#CCCCC(=O)OC[C@@H]1C(Br)=NO[C@@H]1CC. The summed E-state index contributed by atoms with van der Waals surface area (Å²) in [6.07, 6.45) is 7.56. The first-order valence-corrected chi connectivity index (χ1v) is 6.46. The van der Waals surface area contributed by atoms with Gasteiger partial charge in [-0.05, 0) is 28.8 Å². The van der Waals surface area contributed by atoms with Crippen molar-refractivity contribution in [3.05, 3.63) is 0 Å². The molecule has 1 aliphatic heterocycles. The molecule has 5 heteroatoms. The Balaban J connectivity index is 2.27. The van der Waals surface area contributed by atoms with Crippen LogP contribution < -0.4 is 0 Å². The van der Waals surface area contributed by atoms with Crippen molar-refractivity contribution in [2.45, 2.75) is 38.7 Å². The molecule has 0 saturated carbocycles. The number of hydrogen-bond donors (Lipinski definition) is 0. The number of carbonyl (C=O) groups excluding carboxylic acids is 1. The lowest BCUT2D eigenvalue weighted by molar-refractivity contribution is -0.145. The molecule has 0 fully saturated rings. The fraction of sp³-hybridized carbons (Fsp3) is 0.667. The van der Waals surface area contributed by atoms with E-state index in [1.165, 1.54) is 0 Å². The van der Waals surface area contributed by atoms with E-state index in [1.807, 2.05) is 6.92 Å². The molecule has 4 nitrogen and oxygen atoms in total. The molecule has 0 spiro atoms. The zero-order chi connectivity index (χ0) is 12.7. The van der Waals surface area contributed by atoms with Gasteiger partial charge in [0.2, 0.25) is 0 Å². The Morgan fingerprint density at radius 1 is 1.71 bits per heavy atom. The number of unbranched alkanes of at least 4 members (excludes halogenated alkanes) is 1. The summed E-state index contributed by atoms with van der Waals surface area (Å²) in [5, 5.41) is 3.84. The minimum atomic E-state index is -0.220. The van der Waals surface area contributed by atoms with Crippen molar-refractivity contribution in [1.29, 1.82) is 0 Å². The topological polar surface area (TPSA) is 47.9 Å². The zero-order valence-corrected chi connectivity index (χ0v) is 11.4. The summed E-state index contributed by atoms with van der Waals surface area (Å²) in [4.78, 5) is 16.6. The zero-order valence-electron chi connectivity index (χ0n) is 9.82. The van der Waals surface area contributed by atoms with Gasteiger partial charge in [-0.1, -0.05) is 12.1 Å². The van der Waals surface area contributed by atoms with Gasteiger partial charge in [0, 0.05) is 12.8 Å². The number of nitrogens with zero attached hydrogens (tertiary/aromatic N) is 1. The van der Waals surface area contributed by atoms with Crippen molar-refractivity contribution in [2.75, 3.05) is 6.61 Å². The van der Waals surface area contributed by atoms with Crippen LogP contribution in [0.1, 0.15) is 32.6 Å². The third kappa shape index (κ3) is 4.39. The van der Waals surface area contributed by atoms with Crippen molar-refractivity contribution in [2.24, 2.45) is 11.1 Å². The smallest absolute Gasteiger partial charge is 0.305 e. The van der Waals surface area contributed by atoms with Gasteiger partial charge in [0.15, 0.2) is 0 Å². The van der Waals surface area contributed by atoms with Crippen LogP contribution in [0.15, 0.2) is 5.16 Å². The monoisotopic (exact) mass is 301 g/mol. The minimum Gasteiger partial charge on any atom is -0.465 e. The number of rotatable bonds is 6. The maximum Gasteiger partial charge on any atom is 0.305 e. The Labute approximate surface area is 110 Å². The van der Waals surface area contributed by atoms with Gasteiger partial charge in [-0.25, -0.2) is 0 Å². The quantitative estimate of drug-likeness (QED) is 0.430. The largest absolute Gasteiger partial charge is 0.465 e. The van der Waals surface area contributed by atoms with Crippen LogP contribution in [-0.4, -0.2) is 23.3 Å². The van der Waals surface area contributed by atoms with Crippen LogP contribution in [0.5, 0.6) is 0 Å². The van der Waals surface area contributed by atoms with E-state index in [0.29, 0.717) is 30.5 Å². The summed E-state index contributed by atoms with van der Waals surface area (Å²) in [6, 6.07) is 0. The third-order valence-electron chi connectivity index (χ3n) is 2.56. The molecule has 0 unspecified atom stereocenters. The Morgan fingerprint density at radius 3 is 3.12 bits per heavy atom. The highest BCUT2D eigenvalue weighted by molar-refractivity contribution is 9.18. The summed E-state index contributed by atoms with van der Waals surface area (Å²) in [7, 11) is 0. The highest BCUT2D eigenvalue weighted by atomic mass is 79.9. The first-order valence-electron chi connectivity index (χ1n) is 5.67. The molecule has 0 N–H and O–H groups in total. The van der Waals surface area contributed by atoms with Gasteiger partial charge in [-0.15, -0.1) is 12.3 Å². The molecule has 0 saturated heterocycles. The predicted molar refractivity (Wildman–Crippen MR) is 68.7 cm³/mol. The molecule has 17 heavy (non-hydrogen) atoms. The number of esters is 1. The number of halogens is 1.